The third-order valence-corrected chi connectivity index (χ3v) is 6.26. The minimum Gasteiger partial charge on any atom is -0.497 e. The molecular formula is C24H27N3O4S. The second-order valence-corrected chi connectivity index (χ2v) is 8.66. The predicted octanol–water partition coefficient (Wildman–Crippen LogP) is 4.81. The summed E-state index contributed by atoms with van der Waals surface area (Å²) in [5.41, 5.74) is 1.63. The molecule has 0 aliphatic carbocycles. The summed E-state index contributed by atoms with van der Waals surface area (Å²) >= 11 is 1.17. The summed E-state index contributed by atoms with van der Waals surface area (Å²) in [6, 6.07) is 13.1. The molecular weight excluding hydrogens is 426 g/mol. The Hall–Kier alpha value is -3.13. The quantitative estimate of drug-likeness (QED) is 0.511. The van der Waals surface area contributed by atoms with E-state index in [9.17, 15) is 4.79 Å². The molecule has 2 aromatic carbocycles. The zero-order valence-electron chi connectivity index (χ0n) is 18.5. The second-order valence-electron chi connectivity index (χ2n) is 7.95. The van der Waals surface area contributed by atoms with Crippen LogP contribution < -0.4 is 14.2 Å². The first kappa shape index (κ1) is 22.1. The number of carbonyl (C=O) groups excluding carboxylic acids is 1. The Labute approximate surface area is 192 Å². The molecule has 168 valence electrons. The van der Waals surface area contributed by atoms with Crippen LogP contribution in [0.25, 0.3) is 0 Å². The number of methoxy groups -OCH3 is 2. The lowest BCUT2D eigenvalue weighted by atomic mass is 9.98. The lowest BCUT2D eigenvalue weighted by Crippen LogP contribution is -2.37. The molecule has 0 saturated carbocycles. The monoisotopic (exact) mass is 453 g/mol. The summed E-state index contributed by atoms with van der Waals surface area (Å²) in [5.74, 6) is 3.12. The van der Waals surface area contributed by atoms with Gasteiger partial charge in [-0.25, -0.2) is 0 Å². The van der Waals surface area contributed by atoms with Gasteiger partial charge in [0.1, 0.15) is 5.75 Å². The van der Waals surface area contributed by atoms with Gasteiger partial charge in [0.25, 0.3) is 11.1 Å². The molecule has 0 unspecified atom stereocenters. The van der Waals surface area contributed by atoms with E-state index in [1.807, 2.05) is 29.2 Å². The standard InChI is InChI=1S/C24H27N3O4S/c1-16-9-11-27(12-10-16)23(28)18-7-8-20(30-3)21(15-18)31-24-25-22(26-32-24)14-17-5-4-6-19(13-17)29-2/h4-8,13,15-16H,9-12,14H2,1-3H3. The number of likely N-dealkylation sites (tertiary alicyclic amines) is 1. The molecule has 7 nitrogen and oxygen atoms in total. The molecule has 1 amide bonds. The van der Waals surface area contributed by atoms with Gasteiger partial charge >= 0.3 is 0 Å². The number of rotatable bonds is 7. The molecule has 8 heteroatoms. The minimum absolute atomic E-state index is 0.0142. The predicted molar refractivity (Wildman–Crippen MR) is 123 cm³/mol. The third kappa shape index (κ3) is 5.19. The molecule has 0 N–H and O–H groups in total. The fourth-order valence-electron chi connectivity index (χ4n) is 3.69. The van der Waals surface area contributed by atoms with E-state index in [1.54, 1.807) is 32.4 Å². The number of carbonyl (C=O) groups is 1. The number of aromatic nitrogens is 2. The maximum Gasteiger partial charge on any atom is 0.298 e. The molecule has 1 aromatic heterocycles. The minimum atomic E-state index is 0.0142. The van der Waals surface area contributed by atoms with Gasteiger partial charge in [0.15, 0.2) is 17.3 Å². The smallest absolute Gasteiger partial charge is 0.298 e. The SMILES string of the molecule is COc1cccc(Cc2nsc(Oc3cc(C(=O)N4CCC(C)CC4)ccc3OC)n2)c1. The molecule has 0 radical (unpaired) electrons. The van der Waals surface area contributed by atoms with Gasteiger partial charge in [-0.15, -0.1) is 0 Å². The zero-order valence-corrected chi connectivity index (χ0v) is 19.4. The fourth-order valence-corrected chi connectivity index (χ4v) is 4.26. The Balaban J connectivity index is 1.48. The van der Waals surface area contributed by atoms with E-state index >= 15 is 0 Å². The molecule has 0 atom stereocenters. The van der Waals surface area contributed by atoms with Crippen molar-refractivity contribution >= 4 is 17.4 Å². The Morgan fingerprint density at radius 1 is 1.09 bits per heavy atom. The van der Waals surface area contributed by atoms with Crippen LogP contribution in [0.5, 0.6) is 22.4 Å². The van der Waals surface area contributed by atoms with Gasteiger partial charge < -0.3 is 19.1 Å². The van der Waals surface area contributed by atoms with Crippen molar-refractivity contribution in [2.24, 2.45) is 5.92 Å². The van der Waals surface area contributed by atoms with Crippen molar-refractivity contribution in [2.75, 3.05) is 27.3 Å². The summed E-state index contributed by atoms with van der Waals surface area (Å²) in [4.78, 5) is 19.4. The lowest BCUT2D eigenvalue weighted by molar-refractivity contribution is 0.0697. The molecule has 0 bridgehead atoms. The molecule has 1 aliphatic rings. The largest absolute Gasteiger partial charge is 0.497 e. The average molecular weight is 454 g/mol. The number of hydrogen-bond acceptors (Lipinski definition) is 7. The molecule has 0 spiro atoms. The van der Waals surface area contributed by atoms with Crippen LogP contribution in [0.15, 0.2) is 42.5 Å². The van der Waals surface area contributed by atoms with E-state index < -0.39 is 0 Å². The molecule has 1 saturated heterocycles. The number of benzene rings is 2. The fraction of sp³-hybridized carbons (Fsp3) is 0.375. The van der Waals surface area contributed by atoms with E-state index in [0.717, 1.165) is 37.2 Å². The summed E-state index contributed by atoms with van der Waals surface area (Å²) in [5, 5.41) is 0.401. The first-order valence-corrected chi connectivity index (χ1v) is 11.4. The van der Waals surface area contributed by atoms with Gasteiger partial charge in [-0.05, 0) is 54.7 Å². The molecule has 1 fully saturated rings. The Kier molecular flexibility index (Phi) is 6.90. The van der Waals surface area contributed by atoms with E-state index in [1.165, 1.54) is 11.5 Å². The lowest BCUT2D eigenvalue weighted by Gasteiger charge is -2.30. The molecule has 32 heavy (non-hydrogen) atoms. The number of amides is 1. The van der Waals surface area contributed by atoms with Crippen LogP contribution in [0.3, 0.4) is 0 Å². The first-order chi connectivity index (χ1) is 15.6. The normalized spacial score (nSPS) is 14.3. The van der Waals surface area contributed by atoms with E-state index in [4.69, 9.17) is 14.2 Å². The van der Waals surface area contributed by atoms with Crippen molar-refractivity contribution < 1.29 is 19.0 Å². The third-order valence-electron chi connectivity index (χ3n) is 5.62. The number of ether oxygens (including phenoxy) is 3. The Morgan fingerprint density at radius 3 is 2.66 bits per heavy atom. The van der Waals surface area contributed by atoms with Gasteiger partial charge in [0, 0.05) is 36.6 Å². The van der Waals surface area contributed by atoms with Gasteiger partial charge in [-0.1, -0.05) is 19.1 Å². The maximum atomic E-state index is 13.0. The summed E-state index contributed by atoms with van der Waals surface area (Å²) in [6.07, 6.45) is 2.64. The van der Waals surface area contributed by atoms with E-state index in [0.29, 0.717) is 40.4 Å². The number of nitrogens with zero attached hydrogens (tertiary/aromatic N) is 3. The van der Waals surface area contributed by atoms with Crippen molar-refractivity contribution in [3.63, 3.8) is 0 Å². The zero-order chi connectivity index (χ0) is 22.5. The van der Waals surface area contributed by atoms with Crippen molar-refractivity contribution in [3.8, 4) is 22.4 Å². The Morgan fingerprint density at radius 2 is 1.91 bits per heavy atom. The maximum absolute atomic E-state index is 13.0. The summed E-state index contributed by atoms with van der Waals surface area (Å²) in [7, 11) is 3.22. The van der Waals surface area contributed by atoms with Gasteiger partial charge in [0.2, 0.25) is 0 Å². The highest BCUT2D eigenvalue weighted by atomic mass is 32.1. The Bertz CT molecular complexity index is 1080. The number of hydrogen-bond donors (Lipinski definition) is 0. The van der Waals surface area contributed by atoms with Crippen LogP contribution in [0.4, 0.5) is 0 Å². The van der Waals surface area contributed by atoms with Gasteiger partial charge in [-0.3, -0.25) is 4.79 Å². The van der Waals surface area contributed by atoms with Crippen molar-refractivity contribution in [2.45, 2.75) is 26.2 Å². The van der Waals surface area contributed by atoms with Crippen LogP contribution in [0, 0.1) is 5.92 Å². The molecule has 3 aromatic rings. The van der Waals surface area contributed by atoms with Crippen LogP contribution in [-0.2, 0) is 6.42 Å². The van der Waals surface area contributed by atoms with E-state index in [-0.39, 0.29) is 5.91 Å². The topological polar surface area (TPSA) is 73.8 Å². The van der Waals surface area contributed by atoms with Crippen molar-refractivity contribution in [3.05, 3.63) is 59.4 Å². The van der Waals surface area contributed by atoms with Crippen LogP contribution >= 0.6 is 11.5 Å². The molecule has 2 heterocycles. The summed E-state index contributed by atoms with van der Waals surface area (Å²) in [6.45, 7) is 3.80. The number of piperidine rings is 1. The average Bonchev–Trinajstić information content (AvgIpc) is 3.25. The van der Waals surface area contributed by atoms with Crippen LogP contribution in [-0.4, -0.2) is 47.5 Å². The molecule has 1 aliphatic heterocycles. The van der Waals surface area contributed by atoms with Crippen molar-refractivity contribution in [1.82, 2.24) is 14.3 Å². The van der Waals surface area contributed by atoms with E-state index in [2.05, 4.69) is 16.3 Å². The van der Waals surface area contributed by atoms with Crippen molar-refractivity contribution in [1.29, 1.82) is 0 Å². The van der Waals surface area contributed by atoms with Crippen LogP contribution in [0.1, 0.15) is 41.5 Å². The first-order valence-electron chi connectivity index (χ1n) is 10.7. The highest BCUT2D eigenvalue weighted by Crippen LogP contribution is 2.34. The summed E-state index contributed by atoms with van der Waals surface area (Å²) < 4.78 is 21.1. The van der Waals surface area contributed by atoms with Gasteiger partial charge in [0.05, 0.1) is 14.2 Å². The van der Waals surface area contributed by atoms with Crippen LogP contribution in [0.2, 0.25) is 0 Å². The van der Waals surface area contributed by atoms with Gasteiger partial charge in [-0.2, -0.15) is 9.36 Å². The second kappa shape index (κ2) is 9.99. The highest BCUT2D eigenvalue weighted by molar-refractivity contribution is 7.07. The molecule has 4 rings (SSSR count). The highest BCUT2D eigenvalue weighted by Gasteiger charge is 2.23.